The molecule has 0 atom stereocenters. The maximum absolute atomic E-state index is 12.3. The Morgan fingerprint density at radius 1 is 1.17 bits per heavy atom. The van der Waals surface area contributed by atoms with Crippen molar-refractivity contribution in [3.8, 4) is 5.75 Å². The maximum Gasteiger partial charge on any atom is 0.331 e. The summed E-state index contributed by atoms with van der Waals surface area (Å²) in [6.07, 6.45) is 0. The van der Waals surface area contributed by atoms with Crippen LogP contribution in [0.15, 0.2) is 48.5 Å². The lowest BCUT2D eigenvalue weighted by Crippen LogP contribution is -2.41. The number of aliphatic hydroxyl groups excluding tert-OH is 1. The van der Waals surface area contributed by atoms with Gasteiger partial charge in [-0.15, -0.1) is 0 Å². The number of rotatable bonds is 4. The molecule has 0 saturated carbocycles. The zero-order chi connectivity index (χ0) is 16.2. The average Bonchev–Trinajstić information content (AvgIpc) is 2.55. The largest absolute Gasteiger partial charge is 0.423 e. The molecule has 3 rings (SSSR count). The van der Waals surface area contributed by atoms with Gasteiger partial charge in [0.2, 0.25) is 5.91 Å². The predicted molar refractivity (Wildman–Crippen MR) is 85.3 cm³/mol. The number of hydrogen-bond acceptors (Lipinski definition) is 5. The summed E-state index contributed by atoms with van der Waals surface area (Å²) in [6.45, 7) is -0.118. The molecule has 6 heteroatoms. The Hall–Kier alpha value is -2.86. The molecule has 1 aliphatic heterocycles. The van der Waals surface area contributed by atoms with Gasteiger partial charge in [-0.25, -0.2) is 4.79 Å². The van der Waals surface area contributed by atoms with Gasteiger partial charge in [0.15, 0.2) is 5.75 Å². The molecule has 2 aromatic carbocycles. The SMILES string of the molecule is O=C(CN1CC(=O)Oc2ccccc21)Nc1ccccc1CO. The van der Waals surface area contributed by atoms with E-state index < -0.39 is 5.97 Å². The fraction of sp³-hybridized carbons (Fsp3) is 0.176. The summed E-state index contributed by atoms with van der Waals surface area (Å²) in [5, 5.41) is 12.1. The minimum absolute atomic E-state index is 0.0197. The summed E-state index contributed by atoms with van der Waals surface area (Å²) in [5.41, 5.74) is 1.91. The van der Waals surface area contributed by atoms with Gasteiger partial charge in [0, 0.05) is 11.3 Å². The summed E-state index contributed by atoms with van der Waals surface area (Å²) in [7, 11) is 0. The van der Waals surface area contributed by atoms with E-state index in [-0.39, 0.29) is 25.6 Å². The molecule has 0 radical (unpaired) electrons. The van der Waals surface area contributed by atoms with E-state index in [4.69, 9.17) is 4.74 Å². The van der Waals surface area contributed by atoms with Crippen molar-refractivity contribution >= 4 is 23.3 Å². The molecule has 0 fully saturated rings. The molecule has 2 aromatic rings. The molecule has 2 N–H and O–H groups in total. The average molecular weight is 312 g/mol. The van der Waals surface area contributed by atoms with E-state index in [2.05, 4.69) is 5.32 Å². The monoisotopic (exact) mass is 312 g/mol. The van der Waals surface area contributed by atoms with Crippen LogP contribution in [0.2, 0.25) is 0 Å². The summed E-state index contributed by atoms with van der Waals surface area (Å²) in [6, 6.07) is 14.1. The predicted octanol–water partition coefficient (Wildman–Crippen LogP) is 1.54. The Morgan fingerprint density at radius 2 is 1.91 bits per heavy atom. The van der Waals surface area contributed by atoms with Crippen molar-refractivity contribution in [2.24, 2.45) is 0 Å². The molecule has 0 aromatic heterocycles. The fourth-order valence-electron chi connectivity index (χ4n) is 2.48. The molecule has 0 aliphatic carbocycles. The topological polar surface area (TPSA) is 78.9 Å². The Kier molecular flexibility index (Phi) is 4.25. The van der Waals surface area contributed by atoms with Crippen LogP contribution in [0, 0.1) is 0 Å². The number of fused-ring (bicyclic) bond motifs is 1. The molecule has 0 bridgehead atoms. The molecule has 1 heterocycles. The lowest BCUT2D eigenvalue weighted by Gasteiger charge is -2.29. The Morgan fingerprint density at radius 3 is 2.74 bits per heavy atom. The van der Waals surface area contributed by atoms with Gasteiger partial charge in [0.25, 0.3) is 0 Å². The molecular formula is C17H16N2O4. The number of aliphatic hydroxyl groups is 1. The second-order valence-corrected chi connectivity index (χ2v) is 5.16. The number of benzene rings is 2. The lowest BCUT2D eigenvalue weighted by atomic mass is 10.2. The van der Waals surface area contributed by atoms with E-state index in [0.29, 0.717) is 22.7 Å². The van der Waals surface area contributed by atoms with Crippen LogP contribution in [0.5, 0.6) is 5.75 Å². The quantitative estimate of drug-likeness (QED) is 0.661. The van der Waals surface area contributed by atoms with Gasteiger partial charge in [0.05, 0.1) is 18.8 Å². The number of nitrogens with zero attached hydrogens (tertiary/aromatic N) is 1. The maximum atomic E-state index is 12.3. The van der Waals surface area contributed by atoms with Crippen LogP contribution in [0.1, 0.15) is 5.56 Å². The van der Waals surface area contributed by atoms with Crippen molar-refractivity contribution in [2.75, 3.05) is 23.3 Å². The lowest BCUT2D eigenvalue weighted by molar-refractivity contribution is -0.133. The molecule has 1 aliphatic rings. The third kappa shape index (κ3) is 3.32. The number of nitrogens with one attached hydrogen (secondary N) is 1. The molecule has 0 unspecified atom stereocenters. The Labute approximate surface area is 133 Å². The number of carbonyl (C=O) groups is 2. The highest BCUT2D eigenvalue weighted by atomic mass is 16.5. The molecule has 1 amide bonds. The molecule has 118 valence electrons. The second-order valence-electron chi connectivity index (χ2n) is 5.16. The van der Waals surface area contributed by atoms with E-state index in [1.165, 1.54) is 0 Å². The number of hydrogen-bond donors (Lipinski definition) is 2. The summed E-state index contributed by atoms with van der Waals surface area (Å²) in [5.74, 6) is -0.213. The number of para-hydroxylation sites is 3. The normalized spacial score (nSPS) is 13.3. The molecular weight excluding hydrogens is 296 g/mol. The third-order valence-corrected chi connectivity index (χ3v) is 3.55. The zero-order valence-corrected chi connectivity index (χ0v) is 12.4. The van der Waals surface area contributed by atoms with E-state index in [1.807, 2.05) is 6.07 Å². The highest BCUT2D eigenvalue weighted by Gasteiger charge is 2.25. The van der Waals surface area contributed by atoms with E-state index in [1.54, 1.807) is 47.4 Å². The Balaban J connectivity index is 1.74. The first-order valence-electron chi connectivity index (χ1n) is 7.20. The zero-order valence-electron chi connectivity index (χ0n) is 12.4. The first-order valence-corrected chi connectivity index (χ1v) is 7.20. The highest BCUT2D eigenvalue weighted by molar-refractivity contribution is 5.96. The van der Waals surface area contributed by atoms with E-state index >= 15 is 0 Å². The van der Waals surface area contributed by atoms with Crippen molar-refractivity contribution in [2.45, 2.75) is 6.61 Å². The first kappa shape index (κ1) is 15.1. The number of anilines is 2. The van der Waals surface area contributed by atoms with Crippen LogP contribution in [0.25, 0.3) is 0 Å². The highest BCUT2D eigenvalue weighted by Crippen LogP contribution is 2.31. The van der Waals surface area contributed by atoms with Gasteiger partial charge in [-0.05, 0) is 18.2 Å². The minimum Gasteiger partial charge on any atom is -0.423 e. The number of esters is 1. The van der Waals surface area contributed by atoms with Crippen molar-refractivity contribution in [3.05, 3.63) is 54.1 Å². The summed E-state index contributed by atoms with van der Waals surface area (Å²) in [4.78, 5) is 25.6. The van der Waals surface area contributed by atoms with Crippen LogP contribution >= 0.6 is 0 Å². The van der Waals surface area contributed by atoms with Crippen molar-refractivity contribution in [1.29, 1.82) is 0 Å². The number of amides is 1. The number of ether oxygens (including phenoxy) is 1. The van der Waals surface area contributed by atoms with Gasteiger partial charge in [-0.1, -0.05) is 30.3 Å². The molecule has 6 nitrogen and oxygen atoms in total. The van der Waals surface area contributed by atoms with Crippen LogP contribution in [0.4, 0.5) is 11.4 Å². The number of carbonyl (C=O) groups excluding carboxylic acids is 2. The summed E-state index contributed by atoms with van der Waals surface area (Å²) < 4.78 is 5.15. The second kappa shape index (κ2) is 6.50. The van der Waals surface area contributed by atoms with Gasteiger partial charge >= 0.3 is 5.97 Å². The van der Waals surface area contributed by atoms with Crippen LogP contribution in [-0.2, 0) is 16.2 Å². The first-order chi connectivity index (χ1) is 11.2. The van der Waals surface area contributed by atoms with Gasteiger partial charge < -0.3 is 20.1 Å². The molecule has 0 spiro atoms. The van der Waals surface area contributed by atoms with Gasteiger partial charge in [-0.2, -0.15) is 0 Å². The van der Waals surface area contributed by atoms with Crippen LogP contribution < -0.4 is 15.0 Å². The van der Waals surface area contributed by atoms with Crippen molar-refractivity contribution in [3.63, 3.8) is 0 Å². The standard InChI is InChI=1S/C17H16N2O4/c20-11-12-5-1-2-6-13(12)18-16(21)9-19-10-17(22)23-15-8-4-3-7-14(15)19/h1-8,20H,9-11H2,(H,18,21). The van der Waals surface area contributed by atoms with E-state index in [0.717, 1.165) is 0 Å². The minimum atomic E-state index is -0.396. The van der Waals surface area contributed by atoms with Crippen LogP contribution in [-0.4, -0.2) is 30.1 Å². The van der Waals surface area contributed by atoms with Gasteiger partial charge in [-0.3, -0.25) is 4.79 Å². The molecule has 0 saturated heterocycles. The van der Waals surface area contributed by atoms with E-state index in [9.17, 15) is 14.7 Å². The fourth-order valence-corrected chi connectivity index (χ4v) is 2.48. The third-order valence-electron chi connectivity index (χ3n) is 3.55. The van der Waals surface area contributed by atoms with Gasteiger partial charge in [0.1, 0.15) is 6.54 Å². The molecule has 23 heavy (non-hydrogen) atoms. The van der Waals surface area contributed by atoms with Crippen molar-refractivity contribution < 1.29 is 19.4 Å². The smallest absolute Gasteiger partial charge is 0.331 e. The van der Waals surface area contributed by atoms with Crippen LogP contribution in [0.3, 0.4) is 0 Å². The van der Waals surface area contributed by atoms with Crippen molar-refractivity contribution in [1.82, 2.24) is 0 Å². The summed E-state index contributed by atoms with van der Waals surface area (Å²) >= 11 is 0. The Bertz CT molecular complexity index is 745.